The number of rotatable bonds is 7. The summed E-state index contributed by atoms with van der Waals surface area (Å²) >= 11 is 0. The van der Waals surface area contributed by atoms with Crippen molar-refractivity contribution in [1.82, 2.24) is 19.5 Å². The molecule has 1 aliphatic heterocycles. The van der Waals surface area contributed by atoms with Crippen LogP contribution in [-0.4, -0.2) is 28.9 Å². The van der Waals surface area contributed by atoms with E-state index < -0.39 is 10.0 Å². The minimum atomic E-state index is -3.24. The molecule has 0 aliphatic carbocycles. The molecule has 0 bridgehead atoms. The Labute approximate surface area is 127 Å². The zero-order valence-electron chi connectivity index (χ0n) is 13.2. The predicted molar refractivity (Wildman–Crippen MR) is 82.5 cm³/mol. The Hall–Kier alpha value is -0.950. The second-order valence-electron chi connectivity index (χ2n) is 6.04. The molecule has 2 heterocycles. The maximum atomic E-state index is 12.2. The van der Waals surface area contributed by atoms with E-state index in [1.54, 1.807) is 0 Å². The number of sulfonamides is 1. The van der Waals surface area contributed by atoms with Crippen molar-refractivity contribution >= 4 is 10.0 Å². The Bertz CT molecular complexity index is 566. The van der Waals surface area contributed by atoms with Crippen molar-refractivity contribution < 1.29 is 8.42 Å². The van der Waals surface area contributed by atoms with Gasteiger partial charge in [-0.1, -0.05) is 33.6 Å². The van der Waals surface area contributed by atoms with Crippen LogP contribution in [0.25, 0.3) is 0 Å². The average molecular weight is 314 g/mol. The van der Waals surface area contributed by atoms with Crippen molar-refractivity contribution in [3.8, 4) is 0 Å². The molecular formula is C14H26N4O2S. The molecule has 0 saturated carbocycles. The van der Waals surface area contributed by atoms with Crippen LogP contribution in [0.1, 0.15) is 76.5 Å². The van der Waals surface area contributed by atoms with Crippen molar-refractivity contribution in [2.75, 3.05) is 5.75 Å². The van der Waals surface area contributed by atoms with Crippen LogP contribution in [0.5, 0.6) is 0 Å². The van der Waals surface area contributed by atoms with Crippen molar-refractivity contribution in [3.63, 3.8) is 0 Å². The molecule has 0 radical (unpaired) electrons. The molecule has 6 nitrogen and oxygen atoms in total. The normalized spacial score (nSPS) is 19.0. The van der Waals surface area contributed by atoms with E-state index in [1.165, 1.54) is 0 Å². The Kier molecular flexibility index (Phi) is 5.37. The quantitative estimate of drug-likeness (QED) is 0.784. The lowest BCUT2D eigenvalue weighted by atomic mass is 10.1. The van der Waals surface area contributed by atoms with Gasteiger partial charge in [0.25, 0.3) is 0 Å². The van der Waals surface area contributed by atoms with Crippen LogP contribution in [-0.2, 0) is 16.6 Å². The Balaban J connectivity index is 2.09. The molecule has 0 aromatic carbocycles. The topological polar surface area (TPSA) is 76.9 Å². The van der Waals surface area contributed by atoms with Crippen LogP contribution in [0.15, 0.2) is 0 Å². The first-order valence-electron chi connectivity index (χ1n) is 7.87. The lowest BCUT2D eigenvalue weighted by molar-refractivity contribution is 0.399. The molecule has 2 rings (SSSR count). The van der Waals surface area contributed by atoms with E-state index in [-0.39, 0.29) is 17.7 Å². The summed E-state index contributed by atoms with van der Waals surface area (Å²) in [5.41, 5.74) is 0. The van der Waals surface area contributed by atoms with E-state index in [4.69, 9.17) is 0 Å². The fourth-order valence-corrected chi connectivity index (χ4v) is 3.90. The Morgan fingerprint density at radius 2 is 2.14 bits per heavy atom. The number of aromatic nitrogens is 3. The molecule has 0 amide bonds. The molecule has 0 spiro atoms. The molecule has 1 aromatic rings. The summed E-state index contributed by atoms with van der Waals surface area (Å²) in [6, 6.07) is -0.231. The number of nitrogens with one attached hydrogen (secondary N) is 1. The standard InChI is InChI=1S/C14H26N4O2S/c1-4-5-6-10-21(19,20)17-12-8-7-9-18-14(12)15-13(16-18)11(2)3/h11-12,17H,4-10H2,1-3H3. The van der Waals surface area contributed by atoms with Gasteiger partial charge in [-0.25, -0.2) is 22.8 Å². The van der Waals surface area contributed by atoms with Crippen LogP contribution < -0.4 is 4.72 Å². The molecule has 21 heavy (non-hydrogen) atoms. The van der Waals surface area contributed by atoms with Crippen LogP contribution in [0.2, 0.25) is 0 Å². The van der Waals surface area contributed by atoms with Gasteiger partial charge in [-0.05, 0) is 19.3 Å². The zero-order chi connectivity index (χ0) is 15.5. The highest BCUT2D eigenvalue weighted by molar-refractivity contribution is 7.89. The fourth-order valence-electron chi connectivity index (χ4n) is 2.54. The summed E-state index contributed by atoms with van der Waals surface area (Å²) in [6.45, 7) is 6.98. The maximum Gasteiger partial charge on any atom is 0.212 e. The first-order chi connectivity index (χ1) is 9.93. The van der Waals surface area contributed by atoms with Gasteiger partial charge in [-0.2, -0.15) is 5.10 Å². The minimum absolute atomic E-state index is 0.197. The smallest absolute Gasteiger partial charge is 0.212 e. The van der Waals surface area contributed by atoms with Crippen molar-refractivity contribution in [3.05, 3.63) is 11.6 Å². The van der Waals surface area contributed by atoms with E-state index in [9.17, 15) is 8.42 Å². The molecule has 0 saturated heterocycles. The van der Waals surface area contributed by atoms with E-state index in [2.05, 4.69) is 21.7 Å². The van der Waals surface area contributed by atoms with Crippen molar-refractivity contribution in [2.24, 2.45) is 0 Å². The Morgan fingerprint density at radius 3 is 2.81 bits per heavy atom. The largest absolute Gasteiger partial charge is 0.248 e. The third-order valence-electron chi connectivity index (χ3n) is 3.75. The summed E-state index contributed by atoms with van der Waals surface area (Å²) < 4.78 is 29.0. The highest BCUT2D eigenvalue weighted by Crippen LogP contribution is 2.25. The number of unbranched alkanes of at least 4 members (excludes halogenated alkanes) is 2. The number of hydrogen-bond acceptors (Lipinski definition) is 4. The summed E-state index contributed by atoms with van der Waals surface area (Å²) in [4.78, 5) is 4.54. The number of hydrogen-bond donors (Lipinski definition) is 1. The molecule has 120 valence electrons. The van der Waals surface area contributed by atoms with Gasteiger partial charge in [0.15, 0.2) is 5.82 Å². The van der Waals surface area contributed by atoms with E-state index in [1.807, 2.05) is 18.5 Å². The summed E-state index contributed by atoms with van der Waals surface area (Å²) in [6.07, 6.45) is 4.39. The average Bonchev–Trinajstić information content (AvgIpc) is 2.84. The van der Waals surface area contributed by atoms with Gasteiger partial charge in [0.05, 0.1) is 11.8 Å². The highest BCUT2D eigenvalue weighted by Gasteiger charge is 2.28. The lowest BCUT2D eigenvalue weighted by Crippen LogP contribution is -2.34. The summed E-state index contributed by atoms with van der Waals surface area (Å²) in [5, 5.41) is 4.48. The van der Waals surface area contributed by atoms with Gasteiger partial charge >= 0.3 is 0 Å². The van der Waals surface area contributed by atoms with Gasteiger partial charge in [0, 0.05) is 12.5 Å². The maximum absolute atomic E-state index is 12.2. The number of fused-ring (bicyclic) bond motifs is 1. The summed E-state index contributed by atoms with van der Waals surface area (Å²) in [5.74, 6) is 2.01. The first-order valence-corrected chi connectivity index (χ1v) is 9.53. The Morgan fingerprint density at radius 1 is 1.38 bits per heavy atom. The third-order valence-corrected chi connectivity index (χ3v) is 5.22. The van der Waals surface area contributed by atoms with Crippen LogP contribution in [0.3, 0.4) is 0 Å². The SMILES string of the molecule is CCCCCS(=O)(=O)NC1CCCn2nc(C(C)C)nc21. The second-order valence-corrected chi connectivity index (χ2v) is 7.92. The van der Waals surface area contributed by atoms with Gasteiger partial charge in [0.1, 0.15) is 5.82 Å². The summed E-state index contributed by atoms with van der Waals surface area (Å²) in [7, 11) is -3.24. The van der Waals surface area contributed by atoms with Gasteiger partial charge in [-0.15, -0.1) is 0 Å². The van der Waals surface area contributed by atoms with Gasteiger partial charge in [0.2, 0.25) is 10.0 Å². The molecule has 1 aromatic heterocycles. The fraction of sp³-hybridized carbons (Fsp3) is 0.857. The predicted octanol–water partition coefficient (Wildman–Crippen LogP) is 2.35. The third kappa shape index (κ3) is 4.26. The molecule has 1 aliphatic rings. The monoisotopic (exact) mass is 314 g/mol. The van der Waals surface area contributed by atoms with Crippen molar-refractivity contribution in [2.45, 2.75) is 71.4 Å². The van der Waals surface area contributed by atoms with Crippen LogP contribution in [0.4, 0.5) is 0 Å². The van der Waals surface area contributed by atoms with E-state index in [0.717, 1.165) is 43.9 Å². The van der Waals surface area contributed by atoms with Crippen LogP contribution in [0, 0.1) is 0 Å². The molecule has 7 heteroatoms. The number of aryl methyl sites for hydroxylation is 1. The first kappa shape index (κ1) is 16.4. The molecular weight excluding hydrogens is 288 g/mol. The zero-order valence-corrected chi connectivity index (χ0v) is 14.0. The van der Waals surface area contributed by atoms with Gasteiger partial charge in [-0.3, -0.25) is 0 Å². The molecule has 1 unspecified atom stereocenters. The highest BCUT2D eigenvalue weighted by atomic mass is 32.2. The molecule has 1 N–H and O–H groups in total. The minimum Gasteiger partial charge on any atom is -0.248 e. The van der Waals surface area contributed by atoms with Gasteiger partial charge < -0.3 is 0 Å². The van der Waals surface area contributed by atoms with Crippen molar-refractivity contribution in [1.29, 1.82) is 0 Å². The lowest BCUT2D eigenvalue weighted by Gasteiger charge is -2.22. The van der Waals surface area contributed by atoms with Crippen LogP contribution >= 0.6 is 0 Å². The second kappa shape index (κ2) is 6.87. The molecule has 0 fully saturated rings. The van der Waals surface area contributed by atoms with E-state index in [0.29, 0.717) is 6.42 Å². The molecule has 1 atom stereocenters. The van der Waals surface area contributed by atoms with E-state index >= 15 is 0 Å². The number of nitrogens with zero attached hydrogens (tertiary/aromatic N) is 3.